The molecule has 0 unspecified atom stereocenters. The van der Waals surface area contributed by atoms with Crippen molar-refractivity contribution in [1.29, 1.82) is 5.26 Å². The van der Waals surface area contributed by atoms with Gasteiger partial charge in [-0.2, -0.15) is 5.26 Å². The summed E-state index contributed by atoms with van der Waals surface area (Å²) in [5.41, 5.74) is 5.38. The van der Waals surface area contributed by atoms with Gasteiger partial charge in [-0.1, -0.05) is 104 Å². The zero-order chi connectivity index (χ0) is 57.8. The number of carbonyl (C=O) groups is 4. The minimum atomic E-state index is -0.493. The molecule has 4 fully saturated rings. The van der Waals surface area contributed by atoms with E-state index in [9.17, 15) is 24.4 Å². The van der Waals surface area contributed by atoms with Crippen LogP contribution in [-0.4, -0.2) is 131 Å². The Balaban J connectivity index is 0.000000182. The number of likely N-dealkylation sites (tertiary alicyclic amines) is 2. The highest BCUT2D eigenvalue weighted by atomic mass is 127. The predicted octanol–water partition coefficient (Wildman–Crippen LogP) is 11.4. The first-order chi connectivity index (χ1) is 39.3. The van der Waals surface area contributed by atoms with Crippen LogP contribution in [0.3, 0.4) is 0 Å². The number of fused-ring (bicyclic) bond motifs is 3. The second kappa shape index (κ2) is 31.6. The highest BCUT2D eigenvalue weighted by Gasteiger charge is 2.34. The number of halogens is 1. The smallest absolute Gasteiger partial charge is 0.354 e. The van der Waals surface area contributed by atoms with Gasteiger partial charge in [-0.25, -0.2) is 9.59 Å². The molecule has 0 radical (unpaired) electrons. The zero-order valence-electron chi connectivity index (χ0n) is 49.3. The third kappa shape index (κ3) is 17.2. The van der Waals surface area contributed by atoms with Crippen LogP contribution in [0, 0.1) is 40.9 Å². The molecule has 3 aromatic carbocycles. The Morgan fingerprint density at radius 3 is 1.46 bits per heavy atom. The summed E-state index contributed by atoms with van der Waals surface area (Å²) in [6.07, 6.45) is 11.0. The van der Waals surface area contributed by atoms with Crippen LogP contribution in [0.2, 0.25) is 0 Å². The van der Waals surface area contributed by atoms with Gasteiger partial charge in [0.05, 0.1) is 25.2 Å². The number of alkyl halides is 1. The Bertz CT molecular complexity index is 3010. The van der Waals surface area contributed by atoms with E-state index in [0.29, 0.717) is 60.4 Å². The highest BCUT2D eigenvalue weighted by molar-refractivity contribution is 14.1. The molecule has 3 saturated heterocycles. The average Bonchev–Trinajstić information content (AvgIpc) is 4.40. The number of ether oxygens (including phenoxy) is 2. The number of hydrogen-bond donors (Lipinski definition) is 3. The third-order valence-corrected chi connectivity index (χ3v) is 16.7. The van der Waals surface area contributed by atoms with Crippen molar-refractivity contribution in [2.45, 2.75) is 130 Å². The van der Waals surface area contributed by atoms with Crippen LogP contribution in [0.1, 0.15) is 130 Å². The summed E-state index contributed by atoms with van der Waals surface area (Å²) in [6.45, 7) is 17.8. The van der Waals surface area contributed by atoms with Crippen LogP contribution >= 0.6 is 22.6 Å². The molecule has 1 saturated carbocycles. The van der Waals surface area contributed by atoms with Crippen molar-refractivity contribution < 1.29 is 28.7 Å². The van der Waals surface area contributed by atoms with Crippen LogP contribution in [0.5, 0.6) is 0 Å². The molecule has 0 bridgehead atoms. The fourth-order valence-electron chi connectivity index (χ4n) is 12.2. The third-order valence-electron chi connectivity index (χ3n) is 16.7. The van der Waals surface area contributed by atoms with Crippen molar-refractivity contribution >= 4 is 79.1 Å². The van der Waals surface area contributed by atoms with Crippen LogP contribution in [-0.2, 0) is 33.9 Å². The standard InChI is InChI=1S/C29H41N5O2.C18H24N2O2.C17H22N2O2.CH3I/c1-20(2)16-23(18-30)31-28(35)24-9-5-6-10-25(24)32-29(36)27-17-22-8-4-7-11-26(22)34(27)19-21-12-14-33(3)15-13-21;1-3-22-18(21)17-12-15-6-4-5-7-16(15)20(17)13-14-8-10-19(2)11-9-14;1-2-21-17(20)16-11-14-5-3-4-6-15(14)19(16)12-13-7-9-18-10-8-13;1-2/h4,7-8,11,17,20-21,23-25H,5-6,9-10,12-16,19H2,1-3H3,(H,31,35)(H,32,36);4-7,12,14H,3,8-11,13H2,1-2H3;3-6,11,13,18H,2,7-10,12H2,1H3;1H3/t23-,24+,25-;;;/m0.../s1. The van der Waals surface area contributed by atoms with Crippen LogP contribution in [0.15, 0.2) is 91.0 Å². The number of nitriles is 1. The molecule has 1 aliphatic carbocycles. The quantitative estimate of drug-likeness (QED) is 0.0482. The largest absolute Gasteiger partial charge is 0.461 e. The van der Waals surface area contributed by atoms with E-state index in [4.69, 9.17) is 9.47 Å². The van der Waals surface area contributed by atoms with Gasteiger partial charge in [0.2, 0.25) is 5.91 Å². The van der Waals surface area contributed by atoms with E-state index in [1.54, 1.807) is 0 Å². The number of nitrogens with one attached hydrogen (secondary N) is 3. The van der Waals surface area contributed by atoms with Crippen molar-refractivity contribution in [2.75, 3.05) is 71.5 Å². The Labute approximate surface area is 495 Å². The molecule has 4 aliphatic rings. The number of benzene rings is 3. The van der Waals surface area contributed by atoms with Gasteiger partial charge in [-0.3, -0.25) is 9.59 Å². The predicted molar refractivity (Wildman–Crippen MR) is 334 cm³/mol. The van der Waals surface area contributed by atoms with Crippen LogP contribution in [0.4, 0.5) is 0 Å². The molecule has 3 aromatic heterocycles. The van der Waals surface area contributed by atoms with E-state index in [2.05, 4.69) is 119 Å². The van der Waals surface area contributed by atoms with E-state index in [1.165, 1.54) is 12.8 Å². The number of nitrogens with zero attached hydrogens (tertiary/aromatic N) is 6. The Hall–Kier alpha value is -5.74. The first kappa shape index (κ1) is 62.9. The molecule has 6 heterocycles. The summed E-state index contributed by atoms with van der Waals surface area (Å²) in [5.74, 6) is 1.15. The molecule has 2 amide bonds. The lowest BCUT2D eigenvalue weighted by Crippen LogP contribution is -2.50. The number of piperidine rings is 3. The lowest BCUT2D eigenvalue weighted by atomic mass is 9.83. The van der Waals surface area contributed by atoms with E-state index < -0.39 is 6.04 Å². The summed E-state index contributed by atoms with van der Waals surface area (Å²) in [6, 6.07) is 32.0. The van der Waals surface area contributed by atoms with E-state index in [0.717, 1.165) is 143 Å². The van der Waals surface area contributed by atoms with Gasteiger partial charge in [-0.05, 0) is 190 Å². The number of aromatic nitrogens is 3. The van der Waals surface area contributed by atoms with Crippen molar-refractivity contribution in [1.82, 2.24) is 39.5 Å². The lowest BCUT2D eigenvalue weighted by molar-refractivity contribution is -0.127. The van der Waals surface area contributed by atoms with Gasteiger partial charge < -0.3 is 48.9 Å². The van der Waals surface area contributed by atoms with Gasteiger partial charge in [0.15, 0.2) is 0 Å². The number of rotatable bonds is 16. The maximum Gasteiger partial charge on any atom is 0.354 e. The lowest BCUT2D eigenvalue weighted by Gasteiger charge is -2.32. The van der Waals surface area contributed by atoms with E-state index in [1.807, 2.05) is 87.2 Å². The Morgan fingerprint density at radius 2 is 1.02 bits per heavy atom. The molecule has 438 valence electrons. The van der Waals surface area contributed by atoms with Crippen molar-refractivity contribution in [2.24, 2.45) is 29.6 Å². The van der Waals surface area contributed by atoms with Gasteiger partial charge in [0.25, 0.3) is 5.91 Å². The molecular weight excluding hydrogens is 1130 g/mol. The minimum absolute atomic E-state index is 0.108. The van der Waals surface area contributed by atoms with Gasteiger partial charge in [-0.15, -0.1) is 0 Å². The average molecular weight is 1220 g/mol. The second-order valence-corrected chi connectivity index (χ2v) is 23.0. The summed E-state index contributed by atoms with van der Waals surface area (Å²) in [5, 5.41) is 22.3. The molecular formula is C65H90IN9O6. The fourth-order valence-corrected chi connectivity index (χ4v) is 12.2. The topological polar surface area (TPSA) is 168 Å². The maximum absolute atomic E-state index is 13.7. The summed E-state index contributed by atoms with van der Waals surface area (Å²) >= 11 is 2.15. The SMILES string of the molecule is CC(C)C[C@@H](C#N)NC(=O)[C@@H]1CCCC[C@@H]1NC(=O)c1cc2ccccc2n1CC1CCN(C)CC1.CCOC(=O)c1cc2ccccc2n1CC1CCN(C)CC1.CCOC(=O)c1cc2ccccc2n1CC1CCNCC1.CI. The molecule has 0 spiro atoms. The van der Waals surface area contributed by atoms with Gasteiger partial charge >= 0.3 is 11.9 Å². The molecule has 6 aromatic rings. The van der Waals surface area contributed by atoms with Gasteiger partial charge in [0, 0.05) is 58.4 Å². The minimum Gasteiger partial charge on any atom is -0.461 e. The second-order valence-electron chi connectivity index (χ2n) is 23.0. The molecule has 3 N–H and O–H groups in total. The number of para-hydroxylation sites is 3. The number of carbonyl (C=O) groups excluding carboxylic acids is 4. The Kier molecular flexibility index (Phi) is 24.5. The number of esters is 2. The van der Waals surface area contributed by atoms with E-state index in [-0.39, 0.29) is 35.7 Å². The number of amides is 2. The van der Waals surface area contributed by atoms with Crippen LogP contribution in [0.25, 0.3) is 32.7 Å². The molecule has 3 aliphatic heterocycles. The molecule has 3 atom stereocenters. The normalized spacial score (nSPS) is 18.8. The first-order valence-corrected chi connectivity index (χ1v) is 32.0. The summed E-state index contributed by atoms with van der Waals surface area (Å²) in [4.78, 5) is 58.0. The number of hydrogen-bond acceptors (Lipinski definition) is 10. The van der Waals surface area contributed by atoms with Crippen molar-refractivity contribution in [3.05, 3.63) is 108 Å². The zero-order valence-corrected chi connectivity index (χ0v) is 51.4. The van der Waals surface area contributed by atoms with Crippen molar-refractivity contribution in [3.63, 3.8) is 0 Å². The van der Waals surface area contributed by atoms with Gasteiger partial charge in [0.1, 0.15) is 23.1 Å². The molecule has 10 rings (SSSR count). The van der Waals surface area contributed by atoms with E-state index >= 15 is 0 Å². The Morgan fingerprint density at radius 1 is 0.617 bits per heavy atom. The van der Waals surface area contributed by atoms with Crippen LogP contribution < -0.4 is 16.0 Å². The van der Waals surface area contributed by atoms with Crippen molar-refractivity contribution in [3.8, 4) is 6.07 Å². The highest BCUT2D eigenvalue weighted by Crippen LogP contribution is 2.30. The monoisotopic (exact) mass is 1220 g/mol. The molecule has 16 heteroatoms. The first-order valence-electron chi connectivity index (χ1n) is 29.9. The maximum atomic E-state index is 13.7. The molecule has 81 heavy (non-hydrogen) atoms. The fraction of sp³-hybridized carbons (Fsp3) is 0.554. The molecule has 15 nitrogen and oxygen atoms in total. The summed E-state index contributed by atoms with van der Waals surface area (Å²) < 4.78 is 16.9. The summed E-state index contributed by atoms with van der Waals surface area (Å²) in [7, 11) is 4.34.